The van der Waals surface area contributed by atoms with Gasteiger partial charge in [-0.15, -0.1) is 0 Å². The quantitative estimate of drug-likeness (QED) is 0.660. The maximum Gasteiger partial charge on any atom is 0.260 e. The topological polar surface area (TPSA) is 56.8 Å². The maximum atomic E-state index is 11.9. The van der Waals surface area contributed by atoms with Gasteiger partial charge in [0.05, 0.1) is 18.2 Å². The van der Waals surface area contributed by atoms with Gasteiger partial charge in [0.2, 0.25) is 0 Å². The number of nitrogens with one attached hydrogen (secondary N) is 1. The average molecular weight is 350 g/mol. The van der Waals surface area contributed by atoms with E-state index >= 15 is 0 Å². The molecule has 1 amide bonds. The molecule has 7 heteroatoms. The lowest BCUT2D eigenvalue weighted by Crippen LogP contribution is -2.37. The second-order valence-corrected chi connectivity index (χ2v) is 5.35. The molecular weight excluding hydrogens is 329 g/mol. The number of benzene rings is 1. The number of amides is 1. The highest BCUT2D eigenvalue weighted by Gasteiger charge is 2.16. The van der Waals surface area contributed by atoms with E-state index in [1.807, 2.05) is 0 Å². The Labute approximate surface area is 140 Å². The van der Waals surface area contributed by atoms with E-state index in [4.69, 9.17) is 37.4 Å². The summed E-state index contributed by atoms with van der Waals surface area (Å²) in [5, 5.41) is 3.47. The van der Waals surface area contributed by atoms with Crippen LogP contribution in [0.3, 0.4) is 0 Å². The summed E-state index contributed by atoms with van der Waals surface area (Å²) in [7, 11) is 1.62. The fourth-order valence-electron chi connectivity index (χ4n) is 1.59. The van der Waals surface area contributed by atoms with E-state index in [-0.39, 0.29) is 5.91 Å². The Morgan fingerprint density at radius 3 is 2.77 bits per heavy atom. The Balaban J connectivity index is 2.26. The molecule has 0 fully saturated rings. The van der Waals surface area contributed by atoms with E-state index in [2.05, 4.69) is 5.32 Å². The molecular formula is C15H21Cl2NO4. The molecule has 5 nitrogen and oxygen atoms in total. The van der Waals surface area contributed by atoms with E-state index in [1.165, 1.54) is 0 Å². The minimum atomic E-state index is -0.662. The second-order valence-electron chi connectivity index (χ2n) is 4.56. The molecule has 1 rings (SSSR count). The molecule has 0 aliphatic heterocycles. The predicted octanol–water partition coefficient (Wildman–Crippen LogP) is 2.93. The molecule has 124 valence electrons. The lowest BCUT2D eigenvalue weighted by atomic mass is 10.3. The Morgan fingerprint density at radius 1 is 1.27 bits per heavy atom. The summed E-state index contributed by atoms with van der Waals surface area (Å²) in [5.74, 6) is 0.174. The third-order valence-electron chi connectivity index (χ3n) is 2.79. The summed E-state index contributed by atoms with van der Waals surface area (Å²) in [6.07, 6.45) is 0.0606. The first-order valence-corrected chi connectivity index (χ1v) is 7.77. The molecule has 1 atom stereocenters. The lowest BCUT2D eigenvalue weighted by Gasteiger charge is -2.16. The predicted molar refractivity (Wildman–Crippen MR) is 86.9 cm³/mol. The fourth-order valence-corrected chi connectivity index (χ4v) is 1.93. The van der Waals surface area contributed by atoms with Gasteiger partial charge in [0.15, 0.2) is 6.10 Å². The molecule has 0 heterocycles. The largest absolute Gasteiger partial charge is 0.479 e. The molecule has 1 unspecified atom stereocenters. The van der Waals surface area contributed by atoms with Gasteiger partial charge in [-0.2, -0.15) is 0 Å². The minimum absolute atomic E-state index is 0.215. The minimum Gasteiger partial charge on any atom is -0.479 e. The van der Waals surface area contributed by atoms with Gasteiger partial charge in [-0.05, 0) is 25.5 Å². The van der Waals surface area contributed by atoms with Crippen LogP contribution in [0, 0.1) is 0 Å². The average Bonchev–Trinajstić information content (AvgIpc) is 2.50. The molecule has 0 bridgehead atoms. The van der Waals surface area contributed by atoms with Crippen molar-refractivity contribution in [1.82, 2.24) is 5.32 Å². The van der Waals surface area contributed by atoms with Gasteiger partial charge in [0, 0.05) is 20.3 Å². The molecule has 1 aromatic carbocycles. The van der Waals surface area contributed by atoms with Crippen LogP contribution in [0.2, 0.25) is 10.0 Å². The molecule has 1 N–H and O–H groups in total. The molecule has 1 aromatic rings. The first-order valence-electron chi connectivity index (χ1n) is 7.01. The van der Waals surface area contributed by atoms with E-state index in [0.717, 1.165) is 6.42 Å². The summed E-state index contributed by atoms with van der Waals surface area (Å²) in [6.45, 7) is 3.86. The van der Waals surface area contributed by atoms with Crippen molar-refractivity contribution in [2.45, 2.75) is 19.4 Å². The van der Waals surface area contributed by atoms with Crippen LogP contribution in [0.4, 0.5) is 0 Å². The maximum absolute atomic E-state index is 11.9. The van der Waals surface area contributed by atoms with Crippen molar-refractivity contribution in [3.63, 3.8) is 0 Å². The summed E-state index contributed by atoms with van der Waals surface area (Å²) in [5.41, 5.74) is 0. The van der Waals surface area contributed by atoms with Gasteiger partial charge in [0.25, 0.3) is 5.91 Å². The Morgan fingerprint density at radius 2 is 2.05 bits per heavy atom. The second kappa shape index (κ2) is 10.7. The van der Waals surface area contributed by atoms with E-state index in [0.29, 0.717) is 42.2 Å². The van der Waals surface area contributed by atoms with Gasteiger partial charge < -0.3 is 19.5 Å². The monoisotopic (exact) mass is 349 g/mol. The van der Waals surface area contributed by atoms with Crippen LogP contribution in [0.25, 0.3) is 0 Å². The van der Waals surface area contributed by atoms with Crippen molar-refractivity contribution in [3.05, 3.63) is 28.2 Å². The van der Waals surface area contributed by atoms with Crippen LogP contribution in [-0.2, 0) is 14.3 Å². The van der Waals surface area contributed by atoms with Crippen LogP contribution in [0.15, 0.2) is 18.2 Å². The molecule has 0 aromatic heterocycles. The Bertz CT molecular complexity index is 471. The molecule has 0 aliphatic rings. The van der Waals surface area contributed by atoms with Crippen LogP contribution in [-0.4, -0.2) is 45.5 Å². The number of methoxy groups -OCH3 is 1. The number of carbonyl (C=O) groups excluding carboxylic acids is 1. The summed E-state index contributed by atoms with van der Waals surface area (Å²) in [6, 6.07) is 5.04. The molecule has 0 spiro atoms. The van der Waals surface area contributed by atoms with Crippen molar-refractivity contribution >= 4 is 29.1 Å². The van der Waals surface area contributed by atoms with Gasteiger partial charge in [-0.3, -0.25) is 4.79 Å². The fraction of sp³-hybridized carbons (Fsp3) is 0.533. The highest BCUT2D eigenvalue weighted by Crippen LogP contribution is 2.31. The van der Waals surface area contributed by atoms with Gasteiger partial charge in [0.1, 0.15) is 10.8 Å². The Kier molecular flexibility index (Phi) is 9.24. The number of rotatable bonds is 10. The number of ether oxygens (including phenoxy) is 3. The van der Waals surface area contributed by atoms with Gasteiger partial charge in [-0.1, -0.05) is 29.3 Å². The zero-order valence-corrected chi connectivity index (χ0v) is 14.2. The van der Waals surface area contributed by atoms with E-state index < -0.39 is 6.10 Å². The number of halogens is 2. The smallest absolute Gasteiger partial charge is 0.260 e. The highest BCUT2D eigenvalue weighted by atomic mass is 35.5. The zero-order valence-electron chi connectivity index (χ0n) is 12.7. The molecule has 0 saturated heterocycles. The van der Waals surface area contributed by atoms with Crippen molar-refractivity contribution < 1.29 is 19.0 Å². The third-order valence-corrected chi connectivity index (χ3v) is 3.59. The number of hydrogen-bond acceptors (Lipinski definition) is 4. The van der Waals surface area contributed by atoms with Crippen LogP contribution < -0.4 is 10.1 Å². The summed E-state index contributed by atoms with van der Waals surface area (Å²) < 4.78 is 15.7. The third kappa shape index (κ3) is 6.83. The Hall–Kier alpha value is -1.01. The first kappa shape index (κ1) is 19.0. The van der Waals surface area contributed by atoms with Crippen molar-refractivity contribution in [2.75, 3.05) is 33.5 Å². The number of carbonyl (C=O) groups is 1. The van der Waals surface area contributed by atoms with Gasteiger partial charge >= 0.3 is 0 Å². The van der Waals surface area contributed by atoms with Crippen LogP contribution in [0.5, 0.6) is 5.75 Å². The van der Waals surface area contributed by atoms with Crippen molar-refractivity contribution in [1.29, 1.82) is 0 Å². The lowest BCUT2D eigenvalue weighted by molar-refractivity contribution is -0.127. The molecule has 0 aliphatic carbocycles. The summed E-state index contributed by atoms with van der Waals surface area (Å²) in [4.78, 5) is 11.9. The number of hydrogen-bond donors (Lipinski definition) is 1. The zero-order chi connectivity index (χ0) is 16.4. The molecule has 22 heavy (non-hydrogen) atoms. The first-order chi connectivity index (χ1) is 10.6. The summed E-state index contributed by atoms with van der Waals surface area (Å²) >= 11 is 11.9. The SMILES string of the molecule is COCCOCCCNC(=O)C(C)Oc1cccc(Cl)c1Cl. The van der Waals surface area contributed by atoms with E-state index in [1.54, 1.807) is 32.2 Å². The molecule has 0 radical (unpaired) electrons. The van der Waals surface area contributed by atoms with Crippen LogP contribution >= 0.6 is 23.2 Å². The normalized spacial score (nSPS) is 12.0. The molecule has 0 saturated carbocycles. The van der Waals surface area contributed by atoms with Crippen LogP contribution in [0.1, 0.15) is 13.3 Å². The highest BCUT2D eigenvalue weighted by molar-refractivity contribution is 6.42. The van der Waals surface area contributed by atoms with Gasteiger partial charge in [-0.25, -0.2) is 0 Å². The van der Waals surface area contributed by atoms with Crippen molar-refractivity contribution in [3.8, 4) is 5.75 Å². The standard InChI is InChI=1S/C15H21Cl2NO4/c1-11(22-13-6-3-5-12(16)14(13)17)15(19)18-7-4-8-21-10-9-20-2/h3,5-6,11H,4,7-10H2,1-2H3,(H,18,19). The van der Waals surface area contributed by atoms with Crippen molar-refractivity contribution in [2.24, 2.45) is 0 Å². The van der Waals surface area contributed by atoms with E-state index in [9.17, 15) is 4.79 Å².